The van der Waals surface area contributed by atoms with E-state index in [4.69, 9.17) is 4.74 Å². The number of carbonyl (C=O) groups is 1. The van der Waals surface area contributed by atoms with Gasteiger partial charge in [-0.15, -0.1) is 0 Å². The van der Waals surface area contributed by atoms with Gasteiger partial charge in [0.1, 0.15) is 11.5 Å². The van der Waals surface area contributed by atoms with Gasteiger partial charge in [0.25, 0.3) is 0 Å². The Kier molecular flexibility index (Phi) is 2.46. The molecule has 2 N–H and O–H groups in total. The van der Waals surface area contributed by atoms with E-state index >= 15 is 0 Å². The summed E-state index contributed by atoms with van der Waals surface area (Å²) in [5.74, 6) is 0.558. The molecule has 1 aliphatic carbocycles. The number of carbonyl (C=O) groups excluding carboxylic acids is 1. The van der Waals surface area contributed by atoms with Crippen molar-refractivity contribution in [2.75, 3.05) is 24.6 Å². The molecular formula is C21H22N2O4. The van der Waals surface area contributed by atoms with E-state index in [0.717, 1.165) is 25.1 Å². The Balaban J connectivity index is 1.59. The van der Waals surface area contributed by atoms with E-state index in [2.05, 4.69) is 11.0 Å². The van der Waals surface area contributed by atoms with Crippen LogP contribution in [0.1, 0.15) is 24.8 Å². The van der Waals surface area contributed by atoms with E-state index in [1.165, 1.54) is 5.57 Å². The van der Waals surface area contributed by atoms with Gasteiger partial charge in [0.2, 0.25) is 5.91 Å². The number of aliphatic hydroxyl groups is 1. The maximum atomic E-state index is 13.2. The standard InChI is InChI=1S/C21H22N2O4/c24-14-3-1-2-13-18(14)23-16(25)8-15-17-12-9-21(26)20(13,19(17)23)5-6-22(21)10-11(12)4-7-27-15/h1-4,12,15,17,19,24,26H,5-10H2. The second-order valence-corrected chi connectivity index (χ2v) is 9.08. The first-order valence-electron chi connectivity index (χ1n) is 9.99. The lowest BCUT2D eigenvalue weighted by atomic mass is 9.52. The number of hydrogen-bond acceptors (Lipinski definition) is 5. The molecule has 0 aromatic heterocycles. The number of phenols is 1. The van der Waals surface area contributed by atoms with Crippen LogP contribution in [-0.4, -0.2) is 58.6 Å². The monoisotopic (exact) mass is 366 g/mol. The summed E-state index contributed by atoms with van der Waals surface area (Å²) in [7, 11) is 0. The van der Waals surface area contributed by atoms with Crippen molar-refractivity contribution in [1.82, 2.24) is 4.90 Å². The molecule has 5 aliphatic heterocycles. The van der Waals surface area contributed by atoms with Gasteiger partial charge in [-0.25, -0.2) is 0 Å². The Morgan fingerprint density at radius 3 is 3.07 bits per heavy atom. The molecule has 6 aliphatic rings. The highest BCUT2D eigenvalue weighted by Gasteiger charge is 2.77. The van der Waals surface area contributed by atoms with Crippen LogP contribution >= 0.6 is 0 Å². The van der Waals surface area contributed by atoms with Crippen molar-refractivity contribution in [3.63, 3.8) is 0 Å². The van der Waals surface area contributed by atoms with Crippen LogP contribution in [0, 0.1) is 11.8 Å². The maximum Gasteiger partial charge on any atom is 0.230 e. The molecule has 5 heterocycles. The van der Waals surface area contributed by atoms with E-state index < -0.39 is 11.1 Å². The van der Waals surface area contributed by atoms with Crippen LogP contribution in [-0.2, 0) is 14.9 Å². The van der Waals surface area contributed by atoms with Crippen molar-refractivity contribution in [3.8, 4) is 5.75 Å². The largest absolute Gasteiger partial charge is 0.506 e. The van der Waals surface area contributed by atoms with E-state index in [-0.39, 0.29) is 35.6 Å². The van der Waals surface area contributed by atoms with Crippen molar-refractivity contribution < 1.29 is 19.7 Å². The first-order valence-corrected chi connectivity index (χ1v) is 9.99. The minimum atomic E-state index is -0.972. The number of para-hydroxylation sites is 1. The number of hydrogen-bond donors (Lipinski definition) is 2. The Hall–Kier alpha value is -1.89. The number of aromatic hydroxyl groups is 1. The van der Waals surface area contributed by atoms with Gasteiger partial charge in [0, 0.05) is 19.0 Å². The molecule has 1 amide bonds. The first kappa shape index (κ1) is 15.1. The zero-order valence-corrected chi connectivity index (χ0v) is 15.0. The number of fused-ring (bicyclic) bond motifs is 2. The first-order chi connectivity index (χ1) is 13.1. The van der Waals surface area contributed by atoms with Crippen molar-refractivity contribution in [3.05, 3.63) is 35.4 Å². The molecule has 6 nitrogen and oxygen atoms in total. The predicted octanol–water partition coefficient (Wildman–Crippen LogP) is 1.12. The summed E-state index contributed by atoms with van der Waals surface area (Å²) in [6, 6.07) is 5.37. The number of nitrogens with zero attached hydrogens (tertiary/aromatic N) is 2. The third-order valence-corrected chi connectivity index (χ3v) is 8.45. The third-order valence-electron chi connectivity index (χ3n) is 8.45. The van der Waals surface area contributed by atoms with Gasteiger partial charge in [-0.3, -0.25) is 9.69 Å². The van der Waals surface area contributed by atoms with E-state index in [0.29, 0.717) is 25.1 Å². The number of ether oxygens (including phenoxy) is 1. The molecule has 6 unspecified atom stereocenters. The summed E-state index contributed by atoms with van der Waals surface area (Å²) in [4.78, 5) is 17.3. The van der Waals surface area contributed by atoms with Gasteiger partial charge in [0.05, 0.1) is 36.3 Å². The Morgan fingerprint density at radius 2 is 2.19 bits per heavy atom. The van der Waals surface area contributed by atoms with Crippen LogP contribution < -0.4 is 4.90 Å². The SMILES string of the molecule is O=C1CC2OCC=C3CN4CCC56c7cccc(O)c7N1C5C2C3CC46O. The fourth-order valence-corrected chi connectivity index (χ4v) is 7.59. The number of piperidine rings is 2. The molecule has 1 spiro atoms. The lowest BCUT2D eigenvalue weighted by Gasteiger charge is -2.62. The minimum Gasteiger partial charge on any atom is -0.506 e. The van der Waals surface area contributed by atoms with Crippen LogP contribution in [0.15, 0.2) is 29.8 Å². The molecule has 27 heavy (non-hydrogen) atoms. The van der Waals surface area contributed by atoms with Gasteiger partial charge in [0.15, 0.2) is 0 Å². The lowest BCUT2D eigenvalue weighted by molar-refractivity contribution is -0.197. The molecule has 140 valence electrons. The van der Waals surface area contributed by atoms with Gasteiger partial charge < -0.3 is 19.8 Å². The number of anilines is 1. The predicted molar refractivity (Wildman–Crippen MR) is 96.2 cm³/mol. The summed E-state index contributed by atoms with van der Waals surface area (Å²) in [6.07, 6.45) is 3.92. The van der Waals surface area contributed by atoms with Gasteiger partial charge in [-0.2, -0.15) is 0 Å². The van der Waals surface area contributed by atoms with Gasteiger partial charge in [-0.1, -0.05) is 23.8 Å². The zero-order chi connectivity index (χ0) is 18.1. The van der Waals surface area contributed by atoms with Crippen LogP contribution in [0.5, 0.6) is 5.75 Å². The van der Waals surface area contributed by atoms with Crippen LogP contribution in [0.4, 0.5) is 5.69 Å². The molecule has 2 bridgehead atoms. The van der Waals surface area contributed by atoms with Crippen LogP contribution in [0.25, 0.3) is 0 Å². The minimum absolute atomic E-state index is 0.00588. The highest BCUT2D eigenvalue weighted by atomic mass is 16.5. The molecule has 1 saturated carbocycles. The van der Waals surface area contributed by atoms with Gasteiger partial charge >= 0.3 is 0 Å². The molecule has 1 aromatic carbocycles. The number of benzene rings is 1. The maximum absolute atomic E-state index is 13.2. The van der Waals surface area contributed by atoms with Gasteiger partial charge in [-0.05, 0) is 30.4 Å². The normalized spacial score (nSPS) is 46.2. The topological polar surface area (TPSA) is 73.2 Å². The molecule has 1 aromatic rings. The Labute approximate surface area is 157 Å². The molecule has 3 saturated heterocycles. The molecule has 7 rings (SSSR count). The summed E-state index contributed by atoms with van der Waals surface area (Å²) in [5, 5.41) is 22.8. The summed E-state index contributed by atoms with van der Waals surface area (Å²) in [5.41, 5.74) is 1.41. The number of amides is 1. The highest BCUT2D eigenvalue weighted by molar-refractivity contribution is 6.01. The fourth-order valence-electron chi connectivity index (χ4n) is 7.59. The second kappa shape index (κ2) is 4.40. The average Bonchev–Trinajstić information content (AvgIpc) is 3.06. The fraction of sp³-hybridized carbons (Fsp3) is 0.571. The van der Waals surface area contributed by atoms with E-state index in [1.54, 1.807) is 6.07 Å². The Morgan fingerprint density at radius 1 is 1.30 bits per heavy atom. The quantitative estimate of drug-likeness (QED) is 0.673. The number of rotatable bonds is 0. The summed E-state index contributed by atoms with van der Waals surface area (Å²) >= 11 is 0. The van der Waals surface area contributed by atoms with Crippen molar-refractivity contribution >= 4 is 11.6 Å². The second-order valence-electron chi connectivity index (χ2n) is 9.08. The van der Waals surface area contributed by atoms with Crippen molar-refractivity contribution in [1.29, 1.82) is 0 Å². The van der Waals surface area contributed by atoms with E-state index in [9.17, 15) is 15.0 Å². The lowest BCUT2D eigenvalue weighted by Crippen LogP contribution is -2.74. The van der Waals surface area contributed by atoms with Crippen molar-refractivity contribution in [2.45, 2.75) is 42.5 Å². The summed E-state index contributed by atoms with van der Waals surface area (Å²) < 4.78 is 6.17. The molecule has 6 atom stereocenters. The highest BCUT2D eigenvalue weighted by Crippen LogP contribution is 2.69. The molecular weight excluding hydrogens is 344 g/mol. The molecule has 0 radical (unpaired) electrons. The van der Waals surface area contributed by atoms with Crippen LogP contribution in [0.2, 0.25) is 0 Å². The third kappa shape index (κ3) is 1.39. The van der Waals surface area contributed by atoms with E-state index in [1.807, 2.05) is 17.0 Å². The number of phenolic OH excluding ortho intramolecular Hbond substituents is 1. The van der Waals surface area contributed by atoms with Crippen LogP contribution in [0.3, 0.4) is 0 Å². The van der Waals surface area contributed by atoms with Crippen molar-refractivity contribution in [2.24, 2.45) is 11.8 Å². The Bertz CT molecular complexity index is 944. The summed E-state index contributed by atoms with van der Waals surface area (Å²) in [6.45, 7) is 2.14. The average molecular weight is 366 g/mol. The zero-order valence-electron chi connectivity index (χ0n) is 15.0. The smallest absolute Gasteiger partial charge is 0.230 e. The molecule has 4 fully saturated rings. The molecule has 6 heteroatoms.